The molecule has 0 saturated heterocycles. The van der Waals surface area contributed by atoms with E-state index in [1.165, 1.54) is 0 Å². The Hall–Kier alpha value is -1.42. The maximum absolute atomic E-state index is 12.0. The molecule has 1 aromatic heterocycles. The average molecular weight is 282 g/mol. The molecule has 0 saturated carbocycles. The van der Waals surface area contributed by atoms with Gasteiger partial charge >= 0.3 is 0 Å². The van der Waals surface area contributed by atoms with E-state index < -0.39 is 0 Å². The molecule has 0 aliphatic rings. The molecule has 1 aromatic rings. The van der Waals surface area contributed by atoms with E-state index in [0.717, 1.165) is 5.56 Å². The van der Waals surface area contributed by atoms with E-state index in [1.54, 1.807) is 6.07 Å². The first-order chi connectivity index (χ1) is 8.70. The van der Waals surface area contributed by atoms with Crippen molar-refractivity contribution in [3.8, 4) is 0 Å². The number of hydrogen-bond acceptors (Lipinski definition) is 4. The molecule has 0 atom stereocenters. The molecular formula is C14H20ClN3O. The summed E-state index contributed by atoms with van der Waals surface area (Å²) in [5.74, 6) is 0.131. The lowest BCUT2D eigenvalue weighted by Crippen LogP contribution is -2.22. The van der Waals surface area contributed by atoms with Crippen LogP contribution in [0.15, 0.2) is 12.3 Å². The molecule has 0 aliphatic heterocycles. The first-order valence-electron chi connectivity index (χ1n) is 6.10. The monoisotopic (exact) mass is 281 g/mol. The Morgan fingerprint density at radius 3 is 2.53 bits per heavy atom. The molecule has 104 valence electrons. The third-order valence-electron chi connectivity index (χ3n) is 2.56. The topological polar surface area (TPSA) is 46.1 Å². The van der Waals surface area contributed by atoms with Gasteiger partial charge in [0.2, 0.25) is 0 Å². The number of carbonyl (C=O) groups is 1. The molecule has 0 aliphatic carbocycles. The predicted octanol–water partition coefficient (Wildman–Crippen LogP) is 2.82. The summed E-state index contributed by atoms with van der Waals surface area (Å²) in [4.78, 5) is 13.9. The highest BCUT2D eigenvalue weighted by atomic mass is 35.5. The Morgan fingerprint density at radius 1 is 1.37 bits per heavy atom. The summed E-state index contributed by atoms with van der Waals surface area (Å²) < 4.78 is 0. The maximum Gasteiger partial charge on any atom is 0.158 e. The van der Waals surface area contributed by atoms with Crippen LogP contribution in [0.5, 0.6) is 0 Å². The van der Waals surface area contributed by atoms with Crippen LogP contribution < -0.4 is 0 Å². The van der Waals surface area contributed by atoms with Crippen molar-refractivity contribution in [1.29, 1.82) is 0 Å². The Labute approximate surface area is 119 Å². The fourth-order valence-electron chi connectivity index (χ4n) is 1.30. The average Bonchev–Trinajstić information content (AvgIpc) is 2.28. The minimum absolute atomic E-state index is 0.131. The molecule has 0 aromatic carbocycles. The molecule has 1 heterocycles. The van der Waals surface area contributed by atoms with Crippen molar-refractivity contribution in [2.24, 2.45) is 5.41 Å². The second-order valence-corrected chi connectivity index (χ2v) is 6.07. The van der Waals surface area contributed by atoms with E-state index in [2.05, 4.69) is 10.2 Å². The van der Waals surface area contributed by atoms with Gasteiger partial charge < -0.3 is 4.90 Å². The largest absolute Gasteiger partial charge is 0.383 e. The van der Waals surface area contributed by atoms with Crippen molar-refractivity contribution in [2.75, 3.05) is 14.1 Å². The van der Waals surface area contributed by atoms with E-state index in [-0.39, 0.29) is 17.6 Å². The van der Waals surface area contributed by atoms with Gasteiger partial charge in [0.05, 0.1) is 12.1 Å². The van der Waals surface area contributed by atoms with Gasteiger partial charge in [-0.1, -0.05) is 32.4 Å². The number of nitrogens with zero attached hydrogens (tertiary/aromatic N) is 3. The van der Waals surface area contributed by atoms with Gasteiger partial charge in [0.15, 0.2) is 5.15 Å². The van der Waals surface area contributed by atoms with Gasteiger partial charge in [0.1, 0.15) is 5.78 Å². The molecular weight excluding hydrogens is 262 g/mol. The van der Waals surface area contributed by atoms with E-state index in [9.17, 15) is 4.79 Å². The summed E-state index contributed by atoms with van der Waals surface area (Å²) >= 11 is 5.98. The van der Waals surface area contributed by atoms with Crippen molar-refractivity contribution in [1.82, 2.24) is 15.1 Å². The normalized spacial score (nSPS) is 11.9. The smallest absolute Gasteiger partial charge is 0.158 e. The predicted molar refractivity (Wildman–Crippen MR) is 77.9 cm³/mol. The third-order valence-corrected chi connectivity index (χ3v) is 2.85. The van der Waals surface area contributed by atoms with Crippen molar-refractivity contribution in [3.63, 3.8) is 0 Å². The Kier molecular flexibility index (Phi) is 5.06. The molecule has 5 heteroatoms. The molecule has 0 unspecified atom stereocenters. The summed E-state index contributed by atoms with van der Waals surface area (Å²) in [5, 5.41) is 8.19. The lowest BCUT2D eigenvalue weighted by atomic mass is 9.88. The van der Waals surface area contributed by atoms with E-state index in [0.29, 0.717) is 10.8 Å². The summed E-state index contributed by atoms with van der Waals surface area (Å²) in [5.41, 5.74) is 1.03. The Bertz CT molecular complexity index is 490. The quantitative estimate of drug-likeness (QED) is 0.851. The summed E-state index contributed by atoms with van der Waals surface area (Å²) in [6, 6.07) is 1.80. The first kappa shape index (κ1) is 15.6. The number of aromatic nitrogens is 2. The zero-order valence-corrected chi connectivity index (χ0v) is 12.8. The van der Waals surface area contributed by atoms with Gasteiger partial charge in [-0.05, 0) is 18.3 Å². The molecule has 1 rings (SSSR count). The minimum atomic E-state index is -0.374. The van der Waals surface area contributed by atoms with Crippen LogP contribution in [0.3, 0.4) is 0 Å². The van der Waals surface area contributed by atoms with Crippen LogP contribution in [0.1, 0.15) is 32.0 Å². The summed E-state index contributed by atoms with van der Waals surface area (Å²) in [7, 11) is 3.84. The van der Waals surface area contributed by atoms with Gasteiger partial charge in [-0.25, -0.2) is 0 Å². The number of ketones is 1. The maximum atomic E-state index is 12.0. The molecule has 19 heavy (non-hydrogen) atoms. The molecule has 0 spiro atoms. The highest BCUT2D eigenvalue weighted by molar-refractivity contribution is 6.30. The zero-order valence-electron chi connectivity index (χ0n) is 12.1. The van der Waals surface area contributed by atoms with Crippen molar-refractivity contribution < 1.29 is 4.79 Å². The van der Waals surface area contributed by atoms with Crippen LogP contribution in [0.2, 0.25) is 5.15 Å². The van der Waals surface area contributed by atoms with Gasteiger partial charge in [0.25, 0.3) is 0 Å². The number of rotatable bonds is 4. The lowest BCUT2D eigenvalue weighted by molar-refractivity contribution is -0.125. The van der Waals surface area contributed by atoms with Crippen LogP contribution in [0.25, 0.3) is 6.08 Å². The zero-order chi connectivity index (χ0) is 14.6. The Balaban J connectivity index is 2.94. The molecule has 0 radical (unpaired) electrons. The van der Waals surface area contributed by atoms with Gasteiger partial charge in [-0.15, -0.1) is 5.10 Å². The summed E-state index contributed by atoms with van der Waals surface area (Å²) in [6.07, 6.45) is 4.00. The molecule has 4 nitrogen and oxygen atoms in total. The number of carbonyl (C=O) groups excluding carboxylic acids is 1. The number of hydrogen-bond donors (Lipinski definition) is 0. The second-order valence-electron chi connectivity index (χ2n) is 5.71. The van der Waals surface area contributed by atoms with Crippen LogP contribution >= 0.6 is 11.6 Å². The van der Waals surface area contributed by atoms with E-state index in [4.69, 9.17) is 11.6 Å². The second kappa shape index (κ2) is 6.15. The van der Waals surface area contributed by atoms with Crippen LogP contribution in [-0.2, 0) is 11.2 Å². The first-order valence-corrected chi connectivity index (χ1v) is 6.48. The van der Waals surface area contributed by atoms with Gasteiger partial charge in [-0.3, -0.25) is 4.79 Å². The van der Waals surface area contributed by atoms with Crippen molar-refractivity contribution in [3.05, 3.63) is 28.7 Å². The van der Waals surface area contributed by atoms with Crippen molar-refractivity contribution in [2.45, 2.75) is 27.2 Å². The number of Topliss-reactive ketones (excluding diaryl/α,β-unsaturated/α-hetero) is 1. The summed E-state index contributed by atoms with van der Waals surface area (Å²) in [6.45, 7) is 5.68. The fourth-order valence-corrected chi connectivity index (χ4v) is 1.45. The lowest BCUT2D eigenvalue weighted by Gasteiger charge is -2.15. The van der Waals surface area contributed by atoms with Gasteiger partial charge in [-0.2, -0.15) is 5.10 Å². The highest BCUT2D eigenvalue weighted by Crippen LogP contribution is 2.19. The molecule has 0 fully saturated rings. The Morgan fingerprint density at radius 2 is 2.00 bits per heavy atom. The SMILES string of the molecule is CN(C)/C=C/c1cc(CC(=O)C(C)(C)C)nnc1Cl. The standard InChI is InChI=1S/C14H20ClN3O/c1-14(2,3)12(19)9-11-8-10(6-7-18(4)5)13(15)17-16-11/h6-8H,9H2,1-5H3/b7-6+. The van der Waals surface area contributed by atoms with Crippen molar-refractivity contribution >= 4 is 23.5 Å². The van der Waals surface area contributed by atoms with E-state index in [1.807, 2.05) is 52.0 Å². The number of halogens is 1. The van der Waals surface area contributed by atoms with Crippen LogP contribution in [0, 0.1) is 5.41 Å². The van der Waals surface area contributed by atoms with E-state index >= 15 is 0 Å². The molecule has 0 N–H and O–H groups in total. The van der Waals surface area contributed by atoms with Crippen LogP contribution in [-0.4, -0.2) is 35.0 Å². The highest BCUT2D eigenvalue weighted by Gasteiger charge is 2.22. The third kappa shape index (κ3) is 4.99. The minimum Gasteiger partial charge on any atom is -0.383 e. The molecule has 0 amide bonds. The fraction of sp³-hybridized carbons (Fsp3) is 0.500. The van der Waals surface area contributed by atoms with Gasteiger partial charge in [0, 0.05) is 25.1 Å². The molecule has 0 bridgehead atoms. The van der Waals surface area contributed by atoms with Crippen LogP contribution in [0.4, 0.5) is 0 Å².